The van der Waals surface area contributed by atoms with Gasteiger partial charge in [0, 0.05) is 11.1 Å². The van der Waals surface area contributed by atoms with Crippen molar-refractivity contribution < 1.29 is 4.74 Å². The number of aromatic amines is 1. The van der Waals surface area contributed by atoms with Crippen molar-refractivity contribution in [1.82, 2.24) is 9.97 Å². The van der Waals surface area contributed by atoms with E-state index in [2.05, 4.69) is 9.97 Å². The number of nitrogens with two attached hydrogens (primary N) is 1. The van der Waals surface area contributed by atoms with Crippen molar-refractivity contribution >= 4 is 16.9 Å². The zero-order valence-electron chi connectivity index (χ0n) is 11.0. The van der Waals surface area contributed by atoms with Crippen LogP contribution in [0, 0.1) is 5.41 Å². The van der Waals surface area contributed by atoms with Crippen LogP contribution in [0.2, 0.25) is 0 Å². The van der Waals surface area contributed by atoms with Gasteiger partial charge >= 0.3 is 0 Å². The van der Waals surface area contributed by atoms with E-state index in [-0.39, 0.29) is 5.84 Å². The number of fused-ring (bicyclic) bond motifs is 1. The maximum Gasteiger partial charge on any atom is 0.138 e. The third-order valence-corrected chi connectivity index (χ3v) is 3.16. The Hall–Kier alpha value is -2.82. The fraction of sp³-hybridized carbons (Fsp3) is 0.0667. The van der Waals surface area contributed by atoms with Crippen LogP contribution >= 0.6 is 0 Å². The number of hydrogen-bond donors (Lipinski definition) is 3. The average Bonchev–Trinajstić information content (AvgIpc) is 2.90. The Bertz CT molecular complexity index is 774. The fourth-order valence-corrected chi connectivity index (χ4v) is 2.06. The Morgan fingerprint density at radius 3 is 2.60 bits per heavy atom. The van der Waals surface area contributed by atoms with Crippen molar-refractivity contribution in [2.75, 3.05) is 7.11 Å². The number of benzene rings is 2. The first-order valence-corrected chi connectivity index (χ1v) is 6.16. The molecule has 100 valence electrons. The molecule has 0 saturated heterocycles. The topological polar surface area (TPSA) is 87.8 Å². The minimum atomic E-state index is 0.0486. The highest BCUT2D eigenvalue weighted by atomic mass is 16.5. The van der Waals surface area contributed by atoms with Gasteiger partial charge in [-0.25, -0.2) is 4.98 Å². The lowest BCUT2D eigenvalue weighted by Gasteiger charge is -2.00. The summed E-state index contributed by atoms with van der Waals surface area (Å²) in [6.07, 6.45) is 0. The van der Waals surface area contributed by atoms with Crippen LogP contribution in [0.1, 0.15) is 5.56 Å². The van der Waals surface area contributed by atoms with Gasteiger partial charge in [-0.1, -0.05) is 0 Å². The van der Waals surface area contributed by atoms with Crippen molar-refractivity contribution in [3.8, 4) is 17.1 Å². The Balaban J connectivity index is 2.05. The first kappa shape index (κ1) is 12.2. The molecule has 2 aromatic carbocycles. The molecule has 0 fully saturated rings. The maximum absolute atomic E-state index is 7.46. The van der Waals surface area contributed by atoms with Gasteiger partial charge in [-0.3, -0.25) is 5.41 Å². The number of amidine groups is 1. The first-order valence-electron chi connectivity index (χ1n) is 6.16. The second-order valence-corrected chi connectivity index (χ2v) is 4.46. The van der Waals surface area contributed by atoms with Gasteiger partial charge in [0.15, 0.2) is 0 Å². The normalized spacial score (nSPS) is 10.7. The van der Waals surface area contributed by atoms with Gasteiger partial charge in [-0.05, 0) is 42.5 Å². The number of imidazole rings is 1. The summed E-state index contributed by atoms with van der Waals surface area (Å²) in [7, 11) is 1.64. The smallest absolute Gasteiger partial charge is 0.138 e. The number of rotatable bonds is 3. The summed E-state index contributed by atoms with van der Waals surface area (Å²) in [6, 6.07) is 13.2. The number of nitrogens with one attached hydrogen (secondary N) is 2. The molecule has 1 heterocycles. The predicted octanol–water partition coefficient (Wildman–Crippen LogP) is 2.52. The number of H-pyrrole nitrogens is 1. The summed E-state index contributed by atoms with van der Waals surface area (Å²) >= 11 is 0. The molecule has 0 amide bonds. The molecule has 0 unspecified atom stereocenters. The summed E-state index contributed by atoms with van der Waals surface area (Å²) in [5.74, 6) is 1.64. The Morgan fingerprint density at radius 2 is 1.95 bits per heavy atom. The molecular weight excluding hydrogens is 252 g/mol. The molecule has 1 aromatic heterocycles. The molecule has 3 aromatic rings. The molecule has 3 rings (SSSR count). The van der Waals surface area contributed by atoms with Gasteiger partial charge in [0.05, 0.1) is 18.1 Å². The molecule has 0 spiro atoms. The predicted molar refractivity (Wildman–Crippen MR) is 79.1 cm³/mol. The molecule has 0 radical (unpaired) electrons. The summed E-state index contributed by atoms with van der Waals surface area (Å²) in [6.45, 7) is 0. The molecule has 5 nitrogen and oxygen atoms in total. The minimum Gasteiger partial charge on any atom is -0.497 e. The van der Waals surface area contributed by atoms with Crippen molar-refractivity contribution in [2.45, 2.75) is 0 Å². The summed E-state index contributed by atoms with van der Waals surface area (Å²) in [5, 5.41) is 7.46. The van der Waals surface area contributed by atoms with Crippen LogP contribution < -0.4 is 10.5 Å². The standard InChI is InChI=1S/C15H14N4O/c1-20-11-5-2-9(3-6-11)15-18-12-7-4-10(14(16)17)8-13(12)19-15/h2-8H,1H3,(H3,16,17)(H,18,19). The van der Waals surface area contributed by atoms with E-state index < -0.39 is 0 Å². The first-order chi connectivity index (χ1) is 9.67. The number of hydrogen-bond acceptors (Lipinski definition) is 3. The Labute approximate surface area is 115 Å². The van der Waals surface area contributed by atoms with Gasteiger partial charge in [0.1, 0.15) is 17.4 Å². The molecule has 0 bridgehead atoms. The summed E-state index contributed by atoms with van der Waals surface area (Å²) < 4.78 is 5.14. The number of nitrogens with zero attached hydrogens (tertiary/aromatic N) is 1. The lowest BCUT2D eigenvalue weighted by atomic mass is 10.2. The van der Waals surface area contributed by atoms with E-state index >= 15 is 0 Å². The Kier molecular flexibility index (Phi) is 2.87. The van der Waals surface area contributed by atoms with Crippen molar-refractivity contribution in [3.63, 3.8) is 0 Å². The van der Waals surface area contributed by atoms with E-state index in [9.17, 15) is 0 Å². The molecule has 0 aliphatic carbocycles. The molecule has 0 aliphatic heterocycles. The third-order valence-electron chi connectivity index (χ3n) is 3.16. The Morgan fingerprint density at radius 1 is 1.20 bits per heavy atom. The molecule has 0 aliphatic rings. The monoisotopic (exact) mass is 266 g/mol. The molecule has 0 atom stereocenters. The quantitative estimate of drug-likeness (QED) is 0.502. The summed E-state index contributed by atoms with van der Waals surface area (Å²) in [5.41, 5.74) is 8.86. The van der Waals surface area contributed by atoms with Crippen LogP contribution in [0.5, 0.6) is 5.75 Å². The SMILES string of the molecule is COc1ccc(-c2nc3ccc(C(=N)N)cc3[nH]2)cc1. The van der Waals surface area contributed by atoms with Gasteiger partial charge in [-0.2, -0.15) is 0 Å². The highest BCUT2D eigenvalue weighted by Gasteiger charge is 2.07. The van der Waals surface area contributed by atoms with Crippen LogP contribution in [0.3, 0.4) is 0 Å². The van der Waals surface area contributed by atoms with Crippen LogP contribution in [-0.4, -0.2) is 22.9 Å². The van der Waals surface area contributed by atoms with E-state index in [0.717, 1.165) is 28.2 Å². The maximum atomic E-state index is 7.46. The highest BCUT2D eigenvalue weighted by Crippen LogP contribution is 2.23. The van der Waals surface area contributed by atoms with Crippen LogP contribution in [0.25, 0.3) is 22.4 Å². The van der Waals surface area contributed by atoms with Gasteiger partial charge in [0.2, 0.25) is 0 Å². The zero-order chi connectivity index (χ0) is 14.1. The highest BCUT2D eigenvalue weighted by molar-refractivity contribution is 5.98. The summed E-state index contributed by atoms with van der Waals surface area (Å²) in [4.78, 5) is 7.77. The van der Waals surface area contributed by atoms with E-state index in [1.54, 1.807) is 13.2 Å². The van der Waals surface area contributed by atoms with Crippen LogP contribution in [0.15, 0.2) is 42.5 Å². The average molecular weight is 266 g/mol. The third kappa shape index (κ3) is 2.09. The molecular formula is C15H14N4O. The second-order valence-electron chi connectivity index (χ2n) is 4.46. The lowest BCUT2D eigenvalue weighted by Crippen LogP contribution is -2.10. The van der Waals surface area contributed by atoms with E-state index in [1.807, 2.05) is 36.4 Å². The van der Waals surface area contributed by atoms with E-state index in [1.165, 1.54) is 0 Å². The van der Waals surface area contributed by atoms with Crippen molar-refractivity contribution in [1.29, 1.82) is 5.41 Å². The largest absolute Gasteiger partial charge is 0.497 e. The lowest BCUT2D eigenvalue weighted by molar-refractivity contribution is 0.415. The number of ether oxygens (including phenoxy) is 1. The second kappa shape index (κ2) is 4.70. The molecule has 20 heavy (non-hydrogen) atoms. The van der Waals surface area contributed by atoms with E-state index in [0.29, 0.717) is 5.56 Å². The van der Waals surface area contributed by atoms with Crippen LogP contribution in [-0.2, 0) is 0 Å². The number of methoxy groups -OCH3 is 1. The fourth-order valence-electron chi connectivity index (χ4n) is 2.06. The molecule has 5 heteroatoms. The van der Waals surface area contributed by atoms with Crippen molar-refractivity contribution in [2.24, 2.45) is 5.73 Å². The number of aromatic nitrogens is 2. The van der Waals surface area contributed by atoms with Crippen LogP contribution in [0.4, 0.5) is 0 Å². The van der Waals surface area contributed by atoms with Gasteiger partial charge in [0.25, 0.3) is 0 Å². The van der Waals surface area contributed by atoms with Gasteiger partial charge in [-0.15, -0.1) is 0 Å². The molecule has 4 N–H and O–H groups in total. The van der Waals surface area contributed by atoms with Crippen molar-refractivity contribution in [3.05, 3.63) is 48.0 Å². The molecule has 0 saturated carbocycles. The minimum absolute atomic E-state index is 0.0486. The van der Waals surface area contributed by atoms with Gasteiger partial charge < -0.3 is 15.5 Å². The van der Waals surface area contributed by atoms with E-state index in [4.69, 9.17) is 15.9 Å². The zero-order valence-corrected chi connectivity index (χ0v) is 11.0. The number of nitrogen functional groups attached to an aromatic ring is 1.